The summed E-state index contributed by atoms with van der Waals surface area (Å²) < 4.78 is 0. The molecule has 0 bridgehead atoms. The molecule has 4 aromatic rings. The second-order valence-corrected chi connectivity index (χ2v) is 8.76. The first-order valence-electron chi connectivity index (χ1n) is 11.0. The van der Waals surface area contributed by atoms with Crippen molar-refractivity contribution in [2.24, 2.45) is 0 Å². The van der Waals surface area contributed by atoms with Crippen LogP contribution in [0.4, 0.5) is 0 Å². The highest BCUT2D eigenvalue weighted by atomic mass is 16.1. The Morgan fingerprint density at radius 2 is 0.969 bits per heavy atom. The van der Waals surface area contributed by atoms with E-state index in [0.29, 0.717) is 0 Å². The Labute approximate surface area is 187 Å². The maximum absolute atomic E-state index is 14.1. The summed E-state index contributed by atoms with van der Waals surface area (Å²) in [5.74, 6) is 0.0586. The standard InChI is InChI=1S/C30H22O2/c1-20(32)30(27-16-8-4-12-23(27)24-13-5-9-17-28(24)30)29(18-19-31)25-14-6-2-10-21(25)22-11-3-7-15-26(22)29/h2-17,19H,18H2,1H3. The van der Waals surface area contributed by atoms with Gasteiger partial charge in [0.25, 0.3) is 0 Å². The summed E-state index contributed by atoms with van der Waals surface area (Å²) >= 11 is 0. The first-order valence-corrected chi connectivity index (χ1v) is 11.0. The van der Waals surface area contributed by atoms with Crippen molar-refractivity contribution in [3.8, 4) is 22.3 Å². The highest BCUT2D eigenvalue weighted by Crippen LogP contribution is 2.66. The third-order valence-electron chi connectivity index (χ3n) is 7.57. The molecule has 2 nitrogen and oxygen atoms in total. The molecule has 2 heteroatoms. The van der Waals surface area contributed by atoms with Crippen molar-refractivity contribution in [2.75, 3.05) is 0 Å². The largest absolute Gasteiger partial charge is 0.303 e. The lowest BCUT2D eigenvalue weighted by Crippen LogP contribution is -2.53. The quantitative estimate of drug-likeness (QED) is 0.378. The number of hydrogen-bond donors (Lipinski definition) is 0. The van der Waals surface area contributed by atoms with Crippen LogP contribution in [-0.4, -0.2) is 12.1 Å². The summed E-state index contributed by atoms with van der Waals surface area (Å²) in [5.41, 5.74) is 6.62. The minimum Gasteiger partial charge on any atom is -0.303 e. The molecule has 32 heavy (non-hydrogen) atoms. The van der Waals surface area contributed by atoms with Crippen LogP contribution < -0.4 is 0 Å². The zero-order chi connectivity index (χ0) is 21.9. The maximum atomic E-state index is 14.1. The molecule has 154 valence electrons. The van der Waals surface area contributed by atoms with Gasteiger partial charge >= 0.3 is 0 Å². The first kappa shape index (κ1) is 18.9. The van der Waals surface area contributed by atoms with Crippen molar-refractivity contribution in [3.63, 3.8) is 0 Å². The summed E-state index contributed by atoms with van der Waals surface area (Å²) in [6.07, 6.45) is 1.22. The predicted molar refractivity (Wildman–Crippen MR) is 127 cm³/mol. The summed E-state index contributed by atoms with van der Waals surface area (Å²) in [6.45, 7) is 1.69. The number of rotatable bonds is 4. The number of hydrogen-bond acceptors (Lipinski definition) is 2. The highest BCUT2D eigenvalue weighted by Gasteiger charge is 2.64. The number of carbonyl (C=O) groups is 2. The smallest absolute Gasteiger partial charge is 0.146 e. The summed E-state index contributed by atoms with van der Waals surface area (Å²) in [5, 5.41) is 0. The molecule has 0 aliphatic heterocycles. The van der Waals surface area contributed by atoms with Crippen LogP contribution in [-0.2, 0) is 20.4 Å². The van der Waals surface area contributed by atoms with Gasteiger partial charge in [-0.05, 0) is 51.4 Å². The molecule has 0 saturated heterocycles. The molecule has 0 heterocycles. The van der Waals surface area contributed by atoms with E-state index in [0.717, 1.165) is 50.8 Å². The molecule has 0 aromatic heterocycles. The van der Waals surface area contributed by atoms with Gasteiger partial charge in [0.05, 0.1) is 5.41 Å². The second kappa shape index (κ2) is 6.61. The molecular weight excluding hydrogens is 392 g/mol. The first-order chi connectivity index (χ1) is 15.7. The topological polar surface area (TPSA) is 34.1 Å². The van der Waals surface area contributed by atoms with Crippen LogP contribution in [0.5, 0.6) is 0 Å². The number of ketones is 1. The predicted octanol–water partition coefficient (Wildman–Crippen LogP) is 6.10. The number of aldehydes is 1. The Balaban J connectivity index is 1.87. The molecule has 4 aromatic carbocycles. The van der Waals surface area contributed by atoms with Gasteiger partial charge in [0.1, 0.15) is 12.1 Å². The van der Waals surface area contributed by atoms with Gasteiger partial charge in [-0.1, -0.05) is 97.1 Å². The van der Waals surface area contributed by atoms with E-state index in [4.69, 9.17) is 0 Å². The molecule has 0 radical (unpaired) electrons. The fourth-order valence-electron chi connectivity index (χ4n) is 6.60. The fourth-order valence-corrected chi connectivity index (χ4v) is 6.60. The second-order valence-electron chi connectivity index (χ2n) is 8.76. The number of carbonyl (C=O) groups excluding carboxylic acids is 2. The average molecular weight is 415 g/mol. The van der Waals surface area contributed by atoms with Gasteiger partial charge in [0, 0.05) is 11.8 Å². The van der Waals surface area contributed by atoms with Crippen LogP contribution in [0.3, 0.4) is 0 Å². The average Bonchev–Trinajstić information content (AvgIpc) is 3.29. The number of benzene rings is 4. The molecule has 0 unspecified atom stereocenters. The minimum absolute atomic E-state index is 0.0586. The van der Waals surface area contributed by atoms with Crippen molar-refractivity contribution >= 4 is 12.1 Å². The summed E-state index contributed by atoms with van der Waals surface area (Å²) in [4.78, 5) is 26.5. The molecule has 6 rings (SSSR count). The summed E-state index contributed by atoms with van der Waals surface area (Å²) in [7, 11) is 0. The van der Waals surface area contributed by atoms with Gasteiger partial charge in [0.15, 0.2) is 0 Å². The van der Waals surface area contributed by atoms with Crippen LogP contribution in [0, 0.1) is 0 Å². The van der Waals surface area contributed by atoms with E-state index in [1.807, 2.05) is 48.5 Å². The third-order valence-corrected chi connectivity index (χ3v) is 7.57. The van der Waals surface area contributed by atoms with E-state index in [1.54, 1.807) is 6.92 Å². The Morgan fingerprint density at radius 1 is 0.625 bits per heavy atom. The van der Waals surface area contributed by atoms with E-state index in [-0.39, 0.29) is 12.2 Å². The molecule has 0 fully saturated rings. The van der Waals surface area contributed by atoms with Gasteiger partial charge < -0.3 is 4.79 Å². The monoisotopic (exact) mass is 414 g/mol. The van der Waals surface area contributed by atoms with E-state index < -0.39 is 10.8 Å². The molecule has 0 atom stereocenters. The van der Waals surface area contributed by atoms with Gasteiger partial charge in [-0.15, -0.1) is 0 Å². The lowest BCUT2D eigenvalue weighted by molar-refractivity contribution is -0.123. The Kier molecular flexibility index (Phi) is 3.91. The van der Waals surface area contributed by atoms with Crippen molar-refractivity contribution in [2.45, 2.75) is 24.2 Å². The molecule has 2 aliphatic carbocycles. The lowest BCUT2D eigenvalue weighted by Gasteiger charge is -2.47. The minimum atomic E-state index is -0.996. The Hall–Kier alpha value is -3.78. The van der Waals surface area contributed by atoms with Gasteiger partial charge in [-0.25, -0.2) is 0 Å². The SMILES string of the molecule is CC(=O)C1(C2(CC=O)c3ccccc3-c3ccccc32)c2ccccc2-c2ccccc21. The lowest BCUT2D eigenvalue weighted by atomic mass is 9.51. The molecule has 0 amide bonds. The van der Waals surface area contributed by atoms with Gasteiger partial charge in [0.2, 0.25) is 0 Å². The van der Waals surface area contributed by atoms with Crippen molar-refractivity contribution in [3.05, 3.63) is 119 Å². The molecule has 2 aliphatic rings. The van der Waals surface area contributed by atoms with Crippen LogP contribution in [0.15, 0.2) is 97.1 Å². The number of fused-ring (bicyclic) bond motifs is 6. The molecule has 0 N–H and O–H groups in total. The van der Waals surface area contributed by atoms with E-state index in [2.05, 4.69) is 48.5 Å². The Bertz CT molecular complexity index is 1320. The van der Waals surface area contributed by atoms with E-state index in [1.165, 1.54) is 0 Å². The summed E-state index contributed by atoms with van der Waals surface area (Å²) in [6, 6.07) is 32.9. The maximum Gasteiger partial charge on any atom is 0.146 e. The van der Waals surface area contributed by atoms with Crippen LogP contribution in [0.1, 0.15) is 35.6 Å². The normalized spacial score (nSPS) is 15.9. The zero-order valence-corrected chi connectivity index (χ0v) is 17.8. The third kappa shape index (κ3) is 2.00. The van der Waals surface area contributed by atoms with E-state index in [9.17, 15) is 9.59 Å². The zero-order valence-electron chi connectivity index (χ0n) is 17.8. The highest BCUT2D eigenvalue weighted by molar-refractivity contribution is 6.05. The van der Waals surface area contributed by atoms with Crippen LogP contribution in [0.25, 0.3) is 22.3 Å². The fraction of sp³-hybridized carbons (Fsp3) is 0.133. The molecule has 0 spiro atoms. The van der Waals surface area contributed by atoms with Gasteiger partial charge in [-0.2, -0.15) is 0 Å². The van der Waals surface area contributed by atoms with E-state index >= 15 is 0 Å². The van der Waals surface area contributed by atoms with Crippen molar-refractivity contribution in [1.82, 2.24) is 0 Å². The van der Waals surface area contributed by atoms with Crippen molar-refractivity contribution < 1.29 is 9.59 Å². The van der Waals surface area contributed by atoms with Crippen LogP contribution >= 0.6 is 0 Å². The van der Waals surface area contributed by atoms with Crippen molar-refractivity contribution in [1.29, 1.82) is 0 Å². The Morgan fingerprint density at radius 3 is 1.34 bits per heavy atom. The molecular formula is C30H22O2. The van der Waals surface area contributed by atoms with Crippen LogP contribution in [0.2, 0.25) is 0 Å². The molecule has 0 saturated carbocycles. The van der Waals surface area contributed by atoms with Gasteiger partial charge in [-0.3, -0.25) is 4.79 Å². The number of Topliss-reactive ketones (excluding diaryl/α,β-unsaturated/α-hetero) is 1.